The first kappa shape index (κ1) is 20.8. The van der Waals surface area contributed by atoms with Gasteiger partial charge < -0.3 is 19.9 Å². The van der Waals surface area contributed by atoms with Crippen LogP contribution in [0.1, 0.15) is 27.7 Å². The molecule has 1 aliphatic rings. The number of hydrogen-bond acceptors (Lipinski definition) is 3. The molecule has 26 heavy (non-hydrogen) atoms. The van der Waals surface area contributed by atoms with Crippen molar-refractivity contribution in [1.29, 1.82) is 0 Å². The molecule has 3 amide bonds. The highest BCUT2D eigenvalue weighted by atomic mass is 79.9. The molecule has 6 nitrogen and oxygen atoms in total. The van der Waals surface area contributed by atoms with Crippen molar-refractivity contribution in [3.05, 3.63) is 27.4 Å². The Morgan fingerprint density at radius 2 is 2.00 bits per heavy atom. The highest BCUT2D eigenvalue weighted by Crippen LogP contribution is 2.30. The molecular weight excluding hydrogens is 429 g/mol. The minimum atomic E-state index is -0.699. The molecule has 0 aliphatic carbocycles. The van der Waals surface area contributed by atoms with E-state index < -0.39 is 23.5 Å². The molecule has 9 heteroatoms. The second-order valence-corrected chi connectivity index (χ2v) is 8.35. The van der Waals surface area contributed by atoms with Gasteiger partial charge in [-0.25, -0.2) is 14.0 Å². The predicted octanol–water partition coefficient (Wildman–Crippen LogP) is 4.71. The van der Waals surface area contributed by atoms with Crippen molar-refractivity contribution in [2.75, 3.05) is 25.0 Å². The fourth-order valence-corrected chi connectivity index (χ4v) is 3.02. The fraction of sp³-hybridized carbons (Fsp3) is 0.529. The third-order valence-corrected chi connectivity index (χ3v) is 5.08. The second-order valence-electron chi connectivity index (χ2n) is 7.12. The van der Waals surface area contributed by atoms with Crippen molar-refractivity contribution in [2.24, 2.45) is 0 Å². The van der Waals surface area contributed by atoms with Crippen LogP contribution in [0.4, 0.5) is 19.7 Å². The van der Waals surface area contributed by atoms with E-state index in [-0.39, 0.29) is 16.8 Å². The van der Waals surface area contributed by atoms with Crippen LogP contribution in [0.5, 0.6) is 0 Å². The highest BCUT2D eigenvalue weighted by Gasteiger charge is 2.32. The molecule has 144 valence electrons. The van der Waals surface area contributed by atoms with Crippen LogP contribution < -0.4 is 5.32 Å². The van der Waals surface area contributed by atoms with Crippen LogP contribution in [0.25, 0.3) is 0 Å². The van der Waals surface area contributed by atoms with Crippen molar-refractivity contribution in [1.82, 2.24) is 9.80 Å². The third kappa shape index (κ3) is 5.01. The monoisotopic (exact) mass is 449 g/mol. The average molecular weight is 451 g/mol. The summed E-state index contributed by atoms with van der Waals surface area (Å²) in [6.45, 7) is 8.22. The second kappa shape index (κ2) is 8.00. The van der Waals surface area contributed by atoms with E-state index in [2.05, 4.69) is 21.2 Å². The van der Waals surface area contributed by atoms with Gasteiger partial charge >= 0.3 is 12.1 Å². The summed E-state index contributed by atoms with van der Waals surface area (Å²) in [6.07, 6.45) is -0.407. The molecular formula is C17H22BrClFN3O3. The summed E-state index contributed by atoms with van der Waals surface area (Å²) in [5.41, 5.74) is -0.575. The number of rotatable bonds is 1. The van der Waals surface area contributed by atoms with Crippen LogP contribution in [0, 0.1) is 5.82 Å². The summed E-state index contributed by atoms with van der Waals surface area (Å²) >= 11 is 8.96. The Labute approximate surface area is 165 Å². The van der Waals surface area contributed by atoms with Crippen LogP contribution >= 0.6 is 27.5 Å². The molecule has 1 aromatic carbocycles. The lowest BCUT2D eigenvalue weighted by molar-refractivity contribution is 0.00589. The van der Waals surface area contributed by atoms with E-state index in [9.17, 15) is 14.0 Å². The Balaban J connectivity index is 1.99. The molecule has 1 saturated heterocycles. The van der Waals surface area contributed by atoms with E-state index in [0.717, 1.165) is 0 Å². The number of carbonyl (C=O) groups excluding carboxylic acids is 2. The lowest BCUT2D eigenvalue weighted by Crippen LogP contribution is -2.57. The number of hydrogen-bond donors (Lipinski definition) is 1. The van der Waals surface area contributed by atoms with Crippen molar-refractivity contribution >= 4 is 45.3 Å². The van der Waals surface area contributed by atoms with Crippen LogP contribution in [0.3, 0.4) is 0 Å². The molecule has 1 unspecified atom stereocenters. The number of piperazine rings is 1. The van der Waals surface area contributed by atoms with Gasteiger partial charge in [-0.3, -0.25) is 0 Å². The normalized spacial score (nSPS) is 17.9. The first-order chi connectivity index (χ1) is 12.0. The van der Waals surface area contributed by atoms with E-state index in [4.69, 9.17) is 16.3 Å². The molecule has 1 fully saturated rings. The van der Waals surface area contributed by atoms with Crippen molar-refractivity contribution in [2.45, 2.75) is 39.3 Å². The Bertz CT molecular complexity index is 711. The maximum atomic E-state index is 14.1. The van der Waals surface area contributed by atoms with E-state index in [1.54, 1.807) is 31.7 Å². The summed E-state index contributed by atoms with van der Waals surface area (Å²) in [5, 5.41) is 2.43. The Hall–Kier alpha value is -1.54. The highest BCUT2D eigenvalue weighted by molar-refractivity contribution is 9.10. The topological polar surface area (TPSA) is 61.9 Å². The van der Waals surface area contributed by atoms with Gasteiger partial charge in [0.1, 0.15) is 5.60 Å². The minimum Gasteiger partial charge on any atom is -0.444 e. The summed E-state index contributed by atoms with van der Waals surface area (Å²) in [6, 6.07) is 2.33. The number of ether oxygens (including phenoxy) is 1. The SMILES string of the molecule is CC1CN(C(=O)Nc2ccc(Br)c(Cl)c2F)CCN1C(=O)OC(C)(C)C. The maximum Gasteiger partial charge on any atom is 0.410 e. The van der Waals surface area contributed by atoms with Gasteiger partial charge in [-0.1, -0.05) is 11.6 Å². The summed E-state index contributed by atoms with van der Waals surface area (Å²) < 4.78 is 19.9. The fourth-order valence-electron chi connectivity index (χ4n) is 2.55. The van der Waals surface area contributed by atoms with Crippen LogP contribution in [-0.2, 0) is 4.74 Å². The van der Waals surface area contributed by atoms with E-state index in [1.807, 2.05) is 6.92 Å². The van der Waals surface area contributed by atoms with Gasteiger partial charge in [0.2, 0.25) is 0 Å². The summed E-state index contributed by atoms with van der Waals surface area (Å²) in [5.74, 6) is -0.699. The zero-order valence-corrected chi connectivity index (χ0v) is 17.4. The predicted molar refractivity (Wildman–Crippen MR) is 102 cm³/mol. The van der Waals surface area contributed by atoms with E-state index >= 15 is 0 Å². The van der Waals surface area contributed by atoms with Crippen LogP contribution in [-0.4, -0.2) is 53.2 Å². The van der Waals surface area contributed by atoms with Crippen LogP contribution in [0.15, 0.2) is 16.6 Å². The largest absolute Gasteiger partial charge is 0.444 e. The van der Waals surface area contributed by atoms with Gasteiger partial charge in [0, 0.05) is 30.1 Å². The Morgan fingerprint density at radius 3 is 2.58 bits per heavy atom. The first-order valence-corrected chi connectivity index (χ1v) is 9.35. The van der Waals surface area contributed by atoms with Gasteiger partial charge in [0.15, 0.2) is 5.82 Å². The maximum absolute atomic E-state index is 14.1. The number of urea groups is 1. The number of amides is 3. The number of benzene rings is 1. The first-order valence-electron chi connectivity index (χ1n) is 8.18. The Kier molecular flexibility index (Phi) is 6.39. The molecule has 1 N–H and O–H groups in total. The number of nitrogens with zero attached hydrogens (tertiary/aromatic N) is 2. The molecule has 1 heterocycles. The quantitative estimate of drug-likeness (QED) is 0.630. The number of anilines is 1. The molecule has 0 spiro atoms. The van der Waals surface area contributed by atoms with E-state index in [1.165, 1.54) is 11.0 Å². The van der Waals surface area contributed by atoms with Gasteiger partial charge in [-0.2, -0.15) is 0 Å². The molecule has 1 atom stereocenters. The van der Waals surface area contributed by atoms with Crippen LogP contribution in [0.2, 0.25) is 5.02 Å². The lowest BCUT2D eigenvalue weighted by Gasteiger charge is -2.40. The number of halogens is 3. The molecule has 1 aromatic rings. The minimum absolute atomic E-state index is 0.00502. The number of nitrogens with one attached hydrogen (secondary N) is 1. The molecule has 0 aromatic heterocycles. The zero-order valence-electron chi connectivity index (χ0n) is 15.1. The molecule has 0 bridgehead atoms. The van der Waals surface area contributed by atoms with Crippen molar-refractivity contribution in [3.63, 3.8) is 0 Å². The third-order valence-electron chi connectivity index (χ3n) is 3.82. The van der Waals surface area contributed by atoms with Gasteiger partial charge in [0.25, 0.3) is 0 Å². The van der Waals surface area contributed by atoms with E-state index in [0.29, 0.717) is 24.1 Å². The number of carbonyl (C=O) groups is 2. The molecule has 1 aliphatic heterocycles. The van der Waals surface area contributed by atoms with Gasteiger partial charge in [0.05, 0.1) is 10.7 Å². The molecule has 0 saturated carbocycles. The van der Waals surface area contributed by atoms with Crippen molar-refractivity contribution in [3.8, 4) is 0 Å². The average Bonchev–Trinajstić information content (AvgIpc) is 2.53. The van der Waals surface area contributed by atoms with Gasteiger partial charge in [-0.05, 0) is 55.8 Å². The smallest absolute Gasteiger partial charge is 0.410 e. The van der Waals surface area contributed by atoms with Gasteiger partial charge in [-0.15, -0.1) is 0 Å². The summed E-state index contributed by atoms with van der Waals surface area (Å²) in [7, 11) is 0. The molecule has 0 radical (unpaired) electrons. The Morgan fingerprint density at radius 1 is 1.35 bits per heavy atom. The summed E-state index contributed by atoms with van der Waals surface area (Å²) in [4.78, 5) is 27.8. The zero-order chi connectivity index (χ0) is 19.6. The standard InChI is InChI=1S/C17H22BrClFN3O3/c1-10-9-22(7-8-23(10)16(25)26-17(2,3)4)15(24)21-12-6-5-11(18)13(19)14(12)20/h5-6,10H,7-9H2,1-4H3,(H,21,24). The molecule has 2 rings (SSSR count). The van der Waals surface area contributed by atoms with Crippen molar-refractivity contribution < 1.29 is 18.7 Å². The lowest BCUT2D eigenvalue weighted by atomic mass is 10.2.